The molecule has 0 aliphatic rings. The van der Waals surface area contributed by atoms with Crippen LogP contribution in [0.25, 0.3) is 11.0 Å². The molecule has 0 aliphatic heterocycles. The Morgan fingerprint density at radius 1 is 1.31 bits per heavy atom. The lowest BCUT2D eigenvalue weighted by molar-refractivity contribution is 0.110. The first-order valence-electron chi connectivity index (χ1n) is 5.36. The summed E-state index contributed by atoms with van der Waals surface area (Å²) >= 11 is 0. The van der Waals surface area contributed by atoms with E-state index in [1.54, 1.807) is 13.0 Å². The summed E-state index contributed by atoms with van der Waals surface area (Å²) in [5.41, 5.74) is 0.759. The van der Waals surface area contributed by atoms with Gasteiger partial charge in [-0.25, -0.2) is 0 Å². The summed E-state index contributed by atoms with van der Waals surface area (Å²) in [5.74, 6) is 0.381. The van der Waals surface area contributed by atoms with Crippen molar-refractivity contribution < 1.29 is 14.3 Å². The molecular formula is C13H18O3. The van der Waals surface area contributed by atoms with Crippen molar-refractivity contribution in [1.29, 1.82) is 0 Å². The highest BCUT2D eigenvalue weighted by atomic mass is 16.3. The van der Waals surface area contributed by atoms with Crippen LogP contribution >= 0.6 is 0 Å². The van der Waals surface area contributed by atoms with E-state index in [-0.39, 0.29) is 6.61 Å². The number of aliphatic hydroxyl groups excluding tert-OH is 1. The second kappa shape index (κ2) is 8.68. The lowest BCUT2D eigenvalue weighted by Gasteiger charge is -1.81. The first-order chi connectivity index (χ1) is 7.81. The zero-order chi connectivity index (χ0) is 12.4. The van der Waals surface area contributed by atoms with Gasteiger partial charge in [-0.3, -0.25) is 4.79 Å². The Labute approximate surface area is 95.7 Å². The predicted octanol–water partition coefficient (Wildman–Crippen LogP) is 3.27. The molecule has 3 heteroatoms. The van der Waals surface area contributed by atoms with Crippen molar-refractivity contribution in [1.82, 2.24) is 0 Å². The van der Waals surface area contributed by atoms with E-state index in [9.17, 15) is 4.79 Å². The normalized spacial score (nSPS) is 8.50. The maximum atomic E-state index is 10.3. The number of fused-ring (bicyclic) bond motifs is 1. The van der Waals surface area contributed by atoms with Crippen LogP contribution in [0, 0.1) is 0 Å². The van der Waals surface area contributed by atoms with E-state index < -0.39 is 0 Å². The SMILES string of the molecule is CC.CCO.O=Cc1cc2ccccc2o1. The third kappa shape index (κ3) is 4.28. The Hall–Kier alpha value is -1.61. The molecule has 0 saturated heterocycles. The zero-order valence-electron chi connectivity index (χ0n) is 9.93. The number of benzene rings is 1. The van der Waals surface area contributed by atoms with Gasteiger partial charge >= 0.3 is 0 Å². The molecule has 1 heterocycles. The molecule has 0 amide bonds. The van der Waals surface area contributed by atoms with Gasteiger partial charge in [0.2, 0.25) is 0 Å². The number of carbonyl (C=O) groups excluding carboxylic acids is 1. The summed E-state index contributed by atoms with van der Waals surface area (Å²) in [4.78, 5) is 10.3. The standard InChI is InChI=1S/C9H6O2.C2H6O.C2H6/c10-6-8-5-7-3-1-2-4-9(7)11-8;1-2-3;1-2/h1-6H;3H,2H2,1H3;1-2H3. The van der Waals surface area contributed by atoms with Crippen molar-refractivity contribution in [3.8, 4) is 0 Å². The van der Waals surface area contributed by atoms with Crippen molar-refractivity contribution in [2.45, 2.75) is 20.8 Å². The molecule has 1 aromatic carbocycles. The Balaban J connectivity index is 0.000000394. The Morgan fingerprint density at radius 2 is 1.88 bits per heavy atom. The van der Waals surface area contributed by atoms with E-state index in [4.69, 9.17) is 9.52 Å². The number of furan rings is 1. The maximum absolute atomic E-state index is 10.3. The van der Waals surface area contributed by atoms with Crippen LogP contribution in [0.1, 0.15) is 31.3 Å². The van der Waals surface area contributed by atoms with E-state index in [0.717, 1.165) is 11.0 Å². The molecule has 0 unspecified atom stereocenters. The van der Waals surface area contributed by atoms with Crippen molar-refractivity contribution in [2.75, 3.05) is 6.61 Å². The van der Waals surface area contributed by atoms with Crippen LogP contribution in [-0.2, 0) is 0 Å². The molecule has 2 rings (SSSR count). The fourth-order valence-corrected chi connectivity index (χ4v) is 1.06. The molecule has 0 atom stereocenters. The van der Waals surface area contributed by atoms with Crippen molar-refractivity contribution >= 4 is 17.3 Å². The summed E-state index contributed by atoms with van der Waals surface area (Å²) in [6.07, 6.45) is 0.708. The second-order valence-electron chi connectivity index (χ2n) is 2.62. The number of carbonyl (C=O) groups is 1. The van der Waals surface area contributed by atoms with Crippen LogP contribution in [0.2, 0.25) is 0 Å². The highest BCUT2D eigenvalue weighted by molar-refractivity contribution is 5.84. The van der Waals surface area contributed by atoms with Crippen molar-refractivity contribution in [2.24, 2.45) is 0 Å². The van der Waals surface area contributed by atoms with Crippen LogP contribution in [0.5, 0.6) is 0 Å². The van der Waals surface area contributed by atoms with Crippen LogP contribution in [0.15, 0.2) is 34.7 Å². The van der Waals surface area contributed by atoms with Crippen LogP contribution in [-0.4, -0.2) is 18.0 Å². The molecule has 0 radical (unpaired) electrons. The fourth-order valence-electron chi connectivity index (χ4n) is 1.06. The Kier molecular flexibility index (Phi) is 7.81. The first-order valence-corrected chi connectivity index (χ1v) is 5.36. The van der Waals surface area contributed by atoms with Gasteiger partial charge in [-0.1, -0.05) is 32.0 Å². The van der Waals surface area contributed by atoms with Gasteiger partial charge in [0.1, 0.15) is 5.58 Å². The number of rotatable bonds is 1. The van der Waals surface area contributed by atoms with Crippen molar-refractivity contribution in [3.05, 3.63) is 36.1 Å². The lowest BCUT2D eigenvalue weighted by atomic mass is 10.2. The number of hydrogen-bond donors (Lipinski definition) is 1. The second-order valence-corrected chi connectivity index (χ2v) is 2.62. The Bertz CT molecular complexity index is 371. The minimum Gasteiger partial charge on any atom is -0.453 e. The van der Waals surface area contributed by atoms with Gasteiger partial charge in [0, 0.05) is 12.0 Å². The molecule has 0 fully saturated rings. The molecular weight excluding hydrogens is 204 g/mol. The smallest absolute Gasteiger partial charge is 0.185 e. The van der Waals surface area contributed by atoms with Gasteiger partial charge < -0.3 is 9.52 Å². The van der Waals surface area contributed by atoms with Crippen LogP contribution in [0.3, 0.4) is 0 Å². The van der Waals surface area contributed by atoms with E-state index in [2.05, 4.69) is 0 Å². The predicted molar refractivity (Wildman–Crippen MR) is 65.7 cm³/mol. The zero-order valence-corrected chi connectivity index (χ0v) is 9.93. The van der Waals surface area contributed by atoms with Gasteiger partial charge in [-0.2, -0.15) is 0 Å². The van der Waals surface area contributed by atoms with Gasteiger partial charge in [0.25, 0.3) is 0 Å². The maximum Gasteiger partial charge on any atom is 0.185 e. The summed E-state index contributed by atoms with van der Waals surface area (Å²) in [5, 5.41) is 8.54. The molecule has 0 bridgehead atoms. The van der Waals surface area contributed by atoms with Gasteiger partial charge in [-0.05, 0) is 19.1 Å². The highest BCUT2D eigenvalue weighted by Gasteiger charge is 1.99. The average Bonchev–Trinajstić information content (AvgIpc) is 2.75. The van der Waals surface area contributed by atoms with E-state index in [1.165, 1.54) is 0 Å². The molecule has 3 nitrogen and oxygen atoms in total. The Morgan fingerprint density at radius 3 is 2.38 bits per heavy atom. The third-order valence-electron chi connectivity index (χ3n) is 1.56. The first kappa shape index (κ1) is 14.4. The number of para-hydroxylation sites is 1. The summed E-state index contributed by atoms with van der Waals surface area (Å²) < 4.78 is 5.15. The average molecular weight is 222 g/mol. The molecule has 1 N–H and O–H groups in total. The number of hydrogen-bond acceptors (Lipinski definition) is 3. The molecule has 0 aliphatic carbocycles. The number of aldehydes is 1. The fraction of sp³-hybridized carbons (Fsp3) is 0.308. The molecule has 0 spiro atoms. The van der Waals surface area contributed by atoms with Gasteiger partial charge in [-0.15, -0.1) is 0 Å². The molecule has 88 valence electrons. The minimum absolute atomic E-state index is 0.250. The quantitative estimate of drug-likeness (QED) is 0.753. The van der Waals surface area contributed by atoms with E-state index >= 15 is 0 Å². The monoisotopic (exact) mass is 222 g/mol. The lowest BCUT2D eigenvalue weighted by Crippen LogP contribution is -1.65. The summed E-state index contributed by atoms with van der Waals surface area (Å²) in [6, 6.07) is 9.25. The molecule has 16 heavy (non-hydrogen) atoms. The molecule has 1 aromatic heterocycles. The topological polar surface area (TPSA) is 50.4 Å². The van der Waals surface area contributed by atoms with Crippen LogP contribution < -0.4 is 0 Å². The largest absolute Gasteiger partial charge is 0.453 e. The van der Waals surface area contributed by atoms with E-state index in [1.807, 2.05) is 38.1 Å². The summed E-state index contributed by atoms with van der Waals surface area (Å²) in [7, 11) is 0. The highest BCUT2D eigenvalue weighted by Crippen LogP contribution is 2.16. The van der Waals surface area contributed by atoms with Gasteiger partial charge in [0.05, 0.1) is 0 Å². The third-order valence-corrected chi connectivity index (χ3v) is 1.56. The molecule has 0 saturated carbocycles. The van der Waals surface area contributed by atoms with Gasteiger partial charge in [0.15, 0.2) is 12.0 Å². The van der Waals surface area contributed by atoms with Crippen LogP contribution in [0.4, 0.5) is 0 Å². The molecule has 2 aromatic rings. The number of aliphatic hydroxyl groups is 1. The summed E-state index contributed by atoms with van der Waals surface area (Å²) in [6.45, 7) is 5.93. The minimum atomic E-state index is 0.250. The van der Waals surface area contributed by atoms with E-state index in [0.29, 0.717) is 12.0 Å². The van der Waals surface area contributed by atoms with Crippen molar-refractivity contribution in [3.63, 3.8) is 0 Å².